The Hall–Kier alpha value is -0.610. The van der Waals surface area contributed by atoms with Gasteiger partial charge in [-0.2, -0.15) is 0 Å². The van der Waals surface area contributed by atoms with E-state index in [1.165, 1.54) is 32.8 Å². The van der Waals surface area contributed by atoms with Crippen LogP contribution in [0.5, 0.6) is 0 Å². The first-order chi connectivity index (χ1) is 13.7. The van der Waals surface area contributed by atoms with Crippen LogP contribution in [0.3, 0.4) is 0 Å². The second kappa shape index (κ2) is 7.82. The van der Waals surface area contributed by atoms with Gasteiger partial charge in [0.05, 0.1) is 19.3 Å². The van der Waals surface area contributed by atoms with E-state index in [-0.39, 0.29) is 23.6 Å². The van der Waals surface area contributed by atoms with Gasteiger partial charge in [0.1, 0.15) is 0 Å². The van der Waals surface area contributed by atoms with Crippen LogP contribution in [0.15, 0.2) is 0 Å². The van der Waals surface area contributed by atoms with Crippen LogP contribution in [0.1, 0.15) is 85.0 Å². The number of carbonyl (C=O) groups excluding carboxylic acids is 1. The van der Waals surface area contributed by atoms with Crippen LogP contribution in [0.2, 0.25) is 0 Å². The predicted molar refractivity (Wildman–Crippen MR) is 113 cm³/mol. The summed E-state index contributed by atoms with van der Waals surface area (Å²) in [5.74, 6) is 3.36. The molecule has 0 aliphatic heterocycles. The Bertz CT molecular complexity index is 620. The molecule has 0 unspecified atom stereocenters. The molecule has 4 saturated carbocycles. The van der Waals surface area contributed by atoms with Crippen LogP contribution in [0, 0.1) is 46.3 Å². The molecule has 0 aromatic rings. The van der Waals surface area contributed by atoms with Crippen LogP contribution < -0.4 is 0 Å². The van der Waals surface area contributed by atoms with Gasteiger partial charge >= 0.3 is 5.97 Å². The zero-order valence-corrected chi connectivity index (χ0v) is 18.9. The predicted octanol–water partition coefficient (Wildman–Crippen LogP) is 4.57. The Morgan fingerprint density at radius 1 is 1.07 bits per heavy atom. The molecule has 0 aromatic heterocycles. The fourth-order valence-electron chi connectivity index (χ4n) is 8.81. The van der Waals surface area contributed by atoms with Crippen molar-refractivity contribution in [1.82, 2.24) is 0 Å². The van der Waals surface area contributed by atoms with Crippen molar-refractivity contribution in [1.29, 1.82) is 0 Å². The summed E-state index contributed by atoms with van der Waals surface area (Å²) in [5.41, 5.74) is 0.271. The molecule has 4 fully saturated rings. The summed E-state index contributed by atoms with van der Waals surface area (Å²) >= 11 is 0. The lowest BCUT2D eigenvalue weighted by Crippen LogP contribution is -2.58. The smallest absolute Gasteiger partial charge is 0.305 e. The van der Waals surface area contributed by atoms with Gasteiger partial charge in [0.25, 0.3) is 0 Å². The molecule has 0 radical (unpaired) electrons. The molecule has 0 spiro atoms. The Balaban J connectivity index is 1.53. The molecule has 0 heterocycles. The normalized spacial score (nSPS) is 50.2. The third-order valence-corrected chi connectivity index (χ3v) is 10.5. The average Bonchev–Trinajstić information content (AvgIpc) is 3.06. The molecular formula is C25H42O4. The van der Waals surface area contributed by atoms with Crippen LogP contribution in [-0.4, -0.2) is 35.5 Å². The van der Waals surface area contributed by atoms with Crippen molar-refractivity contribution in [3.8, 4) is 0 Å². The molecule has 166 valence electrons. The number of hydrogen-bond acceptors (Lipinski definition) is 4. The van der Waals surface area contributed by atoms with Crippen LogP contribution in [0.4, 0.5) is 0 Å². The number of hydrogen-bond donors (Lipinski definition) is 2. The molecule has 0 aromatic carbocycles. The lowest BCUT2D eigenvalue weighted by atomic mass is 9.43. The first-order valence-corrected chi connectivity index (χ1v) is 12.1. The van der Waals surface area contributed by atoms with Crippen molar-refractivity contribution in [2.75, 3.05) is 7.11 Å². The van der Waals surface area contributed by atoms with E-state index in [4.69, 9.17) is 4.74 Å². The average molecular weight is 407 g/mol. The molecule has 0 saturated heterocycles. The van der Waals surface area contributed by atoms with Gasteiger partial charge in [-0.25, -0.2) is 0 Å². The highest BCUT2D eigenvalue weighted by Gasteiger charge is 2.63. The van der Waals surface area contributed by atoms with Gasteiger partial charge in [0.2, 0.25) is 0 Å². The molecule has 0 amide bonds. The maximum Gasteiger partial charge on any atom is 0.305 e. The number of methoxy groups -OCH3 is 1. The monoisotopic (exact) mass is 406 g/mol. The van der Waals surface area contributed by atoms with E-state index in [0.29, 0.717) is 41.4 Å². The van der Waals surface area contributed by atoms with Gasteiger partial charge < -0.3 is 14.9 Å². The van der Waals surface area contributed by atoms with Crippen molar-refractivity contribution < 1.29 is 19.7 Å². The highest BCUT2D eigenvalue weighted by atomic mass is 16.5. The van der Waals surface area contributed by atoms with E-state index >= 15 is 0 Å². The minimum absolute atomic E-state index is 0.0198. The number of ether oxygens (including phenoxy) is 1. The molecule has 29 heavy (non-hydrogen) atoms. The van der Waals surface area contributed by atoms with Gasteiger partial charge in [-0.1, -0.05) is 20.8 Å². The van der Waals surface area contributed by atoms with Crippen molar-refractivity contribution in [2.45, 2.75) is 97.2 Å². The van der Waals surface area contributed by atoms with Crippen LogP contribution >= 0.6 is 0 Å². The summed E-state index contributed by atoms with van der Waals surface area (Å²) in [4.78, 5) is 11.6. The summed E-state index contributed by atoms with van der Waals surface area (Å²) in [7, 11) is 1.46. The second-order valence-electron chi connectivity index (χ2n) is 11.5. The summed E-state index contributed by atoms with van der Waals surface area (Å²) in [5, 5.41) is 21.8. The fraction of sp³-hybridized carbons (Fsp3) is 0.960. The minimum atomic E-state index is -0.246. The molecule has 4 heteroatoms. The Morgan fingerprint density at radius 2 is 1.83 bits per heavy atom. The van der Waals surface area contributed by atoms with Crippen LogP contribution in [0.25, 0.3) is 0 Å². The number of aliphatic hydroxyl groups is 2. The number of rotatable bonds is 4. The molecule has 4 rings (SSSR count). The first kappa shape index (κ1) is 21.6. The van der Waals surface area contributed by atoms with E-state index in [9.17, 15) is 15.0 Å². The zero-order chi connectivity index (χ0) is 21.0. The standard InChI is InChI=1S/C25H42O4/c1-15(5-10-23(28)29-4)19-8-9-20-18-7-6-16-13-17(26)11-12-24(16,2)21(18)14-22(27)25(19,20)3/h15-22,26-27H,5-14H2,1-4H3/t15-,16+,17+,18+,19+,20-,21+,22-,24+,25-/m1/s1. The van der Waals surface area contributed by atoms with Crippen molar-refractivity contribution in [3.05, 3.63) is 0 Å². The molecule has 4 nitrogen and oxygen atoms in total. The van der Waals surface area contributed by atoms with E-state index in [1.807, 2.05) is 0 Å². The van der Waals surface area contributed by atoms with E-state index in [1.54, 1.807) is 0 Å². The third-order valence-electron chi connectivity index (χ3n) is 10.5. The summed E-state index contributed by atoms with van der Waals surface area (Å²) in [6.45, 7) is 7.12. The van der Waals surface area contributed by atoms with E-state index < -0.39 is 0 Å². The zero-order valence-electron chi connectivity index (χ0n) is 18.9. The highest BCUT2D eigenvalue weighted by molar-refractivity contribution is 5.69. The van der Waals surface area contributed by atoms with Gasteiger partial charge in [-0.3, -0.25) is 4.79 Å². The lowest BCUT2D eigenvalue weighted by molar-refractivity contribution is -0.175. The maximum atomic E-state index is 11.6. The SMILES string of the molecule is COC(=O)CC[C@@H](C)[C@@H]1CC[C@@H]2[C@@H]3CC[C@H]4C[C@@H](O)CC[C@]4(C)[C@H]3C[C@@H](O)[C@@]21C. The summed E-state index contributed by atoms with van der Waals surface area (Å²) in [6, 6.07) is 0. The molecule has 4 aliphatic carbocycles. The Morgan fingerprint density at radius 3 is 2.55 bits per heavy atom. The maximum absolute atomic E-state index is 11.6. The molecule has 4 aliphatic rings. The molecular weight excluding hydrogens is 364 g/mol. The van der Waals surface area contributed by atoms with Gasteiger partial charge in [-0.05, 0) is 104 Å². The lowest BCUT2D eigenvalue weighted by Gasteiger charge is -2.62. The largest absolute Gasteiger partial charge is 0.469 e. The Labute approximate surface area is 176 Å². The number of carbonyl (C=O) groups is 1. The van der Waals surface area contributed by atoms with Gasteiger partial charge in [0, 0.05) is 6.42 Å². The number of esters is 1. The fourth-order valence-corrected chi connectivity index (χ4v) is 8.81. The highest BCUT2D eigenvalue weighted by Crippen LogP contribution is 2.68. The Kier molecular flexibility index (Phi) is 5.83. The van der Waals surface area contributed by atoms with Gasteiger partial charge in [-0.15, -0.1) is 0 Å². The summed E-state index contributed by atoms with van der Waals surface area (Å²) in [6.07, 6.45) is 9.86. The van der Waals surface area contributed by atoms with E-state index in [0.717, 1.165) is 38.0 Å². The van der Waals surface area contributed by atoms with Crippen LogP contribution in [-0.2, 0) is 9.53 Å². The third kappa shape index (κ3) is 3.37. The first-order valence-electron chi connectivity index (χ1n) is 12.1. The topological polar surface area (TPSA) is 66.8 Å². The minimum Gasteiger partial charge on any atom is -0.469 e. The molecule has 0 bridgehead atoms. The quantitative estimate of drug-likeness (QED) is 0.671. The van der Waals surface area contributed by atoms with Crippen molar-refractivity contribution >= 4 is 5.97 Å². The van der Waals surface area contributed by atoms with Crippen molar-refractivity contribution in [2.24, 2.45) is 46.3 Å². The number of fused-ring (bicyclic) bond motifs is 5. The second-order valence-corrected chi connectivity index (χ2v) is 11.5. The summed E-state index contributed by atoms with van der Waals surface area (Å²) < 4.78 is 4.85. The molecule has 10 atom stereocenters. The van der Waals surface area contributed by atoms with Gasteiger partial charge in [0.15, 0.2) is 0 Å². The molecule has 2 N–H and O–H groups in total. The number of aliphatic hydroxyl groups excluding tert-OH is 2. The van der Waals surface area contributed by atoms with Crippen molar-refractivity contribution in [3.63, 3.8) is 0 Å². The van der Waals surface area contributed by atoms with E-state index in [2.05, 4.69) is 20.8 Å².